The molecule has 74 valence electrons. The molecule has 3 nitrogen and oxygen atoms in total. The standard InChI is InChI=1S/C10H18N2O/c1-6(5-11)12-10(13)9-7-3-2-4-8(7)9/h6-9H,2-5,11H2,1H3,(H,12,13). The minimum absolute atomic E-state index is 0.133. The predicted octanol–water partition coefficient (Wildman–Crippen LogP) is 0.496. The van der Waals surface area contributed by atoms with Crippen LogP contribution in [0.3, 0.4) is 0 Å². The monoisotopic (exact) mass is 182 g/mol. The third-order valence-electron chi connectivity index (χ3n) is 3.45. The van der Waals surface area contributed by atoms with Gasteiger partial charge in [0.05, 0.1) is 0 Å². The maximum Gasteiger partial charge on any atom is 0.223 e. The van der Waals surface area contributed by atoms with Crippen LogP contribution in [0, 0.1) is 17.8 Å². The van der Waals surface area contributed by atoms with Crippen molar-refractivity contribution in [2.45, 2.75) is 32.2 Å². The molecule has 2 aliphatic carbocycles. The highest BCUT2D eigenvalue weighted by Gasteiger charge is 2.56. The van der Waals surface area contributed by atoms with Crippen LogP contribution >= 0.6 is 0 Å². The van der Waals surface area contributed by atoms with Crippen molar-refractivity contribution in [2.75, 3.05) is 6.54 Å². The van der Waals surface area contributed by atoms with Gasteiger partial charge < -0.3 is 11.1 Å². The number of carbonyl (C=O) groups excluding carboxylic acids is 1. The smallest absolute Gasteiger partial charge is 0.223 e. The molecule has 0 heterocycles. The Kier molecular flexibility index (Phi) is 2.28. The molecule has 2 aliphatic rings. The van der Waals surface area contributed by atoms with E-state index in [1.165, 1.54) is 19.3 Å². The van der Waals surface area contributed by atoms with Crippen molar-refractivity contribution in [3.05, 3.63) is 0 Å². The fourth-order valence-corrected chi connectivity index (χ4v) is 2.61. The molecular weight excluding hydrogens is 164 g/mol. The first-order valence-corrected chi connectivity index (χ1v) is 5.24. The Labute approximate surface area is 79.1 Å². The topological polar surface area (TPSA) is 55.1 Å². The lowest BCUT2D eigenvalue weighted by atomic mass is 10.1. The fourth-order valence-electron chi connectivity index (χ4n) is 2.61. The summed E-state index contributed by atoms with van der Waals surface area (Å²) in [4.78, 5) is 11.6. The minimum Gasteiger partial charge on any atom is -0.352 e. The summed E-state index contributed by atoms with van der Waals surface area (Å²) in [5.41, 5.74) is 5.44. The van der Waals surface area contributed by atoms with Gasteiger partial charge in [-0.2, -0.15) is 0 Å². The van der Waals surface area contributed by atoms with Crippen LogP contribution < -0.4 is 11.1 Å². The van der Waals surface area contributed by atoms with Crippen molar-refractivity contribution in [3.8, 4) is 0 Å². The molecular formula is C10H18N2O. The van der Waals surface area contributed by atoms with Gasteiger partial charge in [-0.1, -0.05) is 6.42 Å². The molecule has 0 aromatic rings. The molecule has 1 amide bonds. The highest BCUT2D eigenvalue weighted by atomic mass is 16.2. The van der Waals surface area contributed by atoms with E-state index in [2.05, 4.69) is 5.32 Å². The maximum atomic E-state index is 11.6. The van der Waals surface area contributed by atoms with E-state index in [1.54, 1.807) is 0 Å². The fraction of sp³-hybridized carbons (Fsp3) is 0.900. The molecule has 0 aliphatic heterocycles. The number of hydrogen-bond acceptors (Lipinski definition) is 2. The van der Waals surface area contributed by atoms with Crippen LogP contribution in [0.15, 0.2) is 0 Å². The minimum atomic E-state index is 0.133. The molecule has 0 spiro atoms. The van der Waals surface area contributed by atoms with E-state index in [-0.39, 0.29) is 11.9 Å². The molecule has 0 saturated heterocycles. The van der Waals surface area contributed by atoms with Gasteiger partial charge in [0.2, 0.25) is 5.91 Å². The van der Waals surface area contributed by atoms with Gasteiger partial charge in [0.15, 0.2) is 0 Å². The van der Waals surface area contributed by atoms with Crippen molar-refractivity contribution < 1.29 is 4.79 Å². The van der Waals surface area contributed by atoms with E-state index in [0.29, 0.717) is 24.3 Å². The summed E-state index contributed by atoms with van der Waals surface area (Å²) < 4.78 is 0. The zero-order valence-corrected chi connectivity index (χ0v) is 8.12. The summed E-state index contributed by atoms with van der Waals surface area (Å²) in [5, 5.41) is 2.96. The number of nitrogens with two attached hydrogens (primary N) is 1. The summed E-state index contributed by atoms with van der Waals surface area (Å²) in [5.74, 6) is 2.00. The zero-order chi connectivity index (χ0) is 9.42. The lowest BCUT2D eigenvalue weighted by molar-refractivity contribution is -0.123. The van der Waals surface area contributed by atoms with Crippen molar-refractivity contribution in [1.82, 2.24) is 5.32 Å². The van der Waals surface area contributed by atoms with Crippen LogP contribution in [-0.4, -0.2) is 18.5 Å². The largest absolute Gasteiger partial charge is 0.352 e. The van der Waals surface area contributed by atoms with Gasteiger partial charge in [-0.05, 0) is 31.6 Å². The van der Waals surface area contributed by atoms with Crippen molar-refractivity contribution >= 4 is 5.91 Å². The van der Waals surface area contributed by atoms with E-state index in [1.807, 2.05) is 6.92 Å². The Bertz CT molecular complexity index is 207. The third kappa shape index (κ3) is 1.57. The number of rotatable bonds is 3. The third-order valence-corrected chi connectivity index (χ3v) is 3.45. The second-order valence-corrected chi connectivity index (χ2v) is 4.43. The molecule has 0 radical (unpaired) electrons. The van der Waals surface area contributed by atoms with E-state index >= 15 is 0 Å². The molecule has 0 aromatic carbocycles. The average molecular weight is 182 g/mol. The van der Waals surface area contributed by atoms with Gasteiger partial charge in [0, 0.05) is 18.5 Å². The van der Waals surface area contributed by atoms with E-state index in [0.717, 1.165) is 0 Å². The van der Waals surface area contributed by atoms with Crippen LogP contribution in [-0.2, 0) is 4.79 Å². The molecule has 2 rings (SSSR count). The molecule has 3 atom stereocenters. The first-order valence-electron chi connectivity index (χ1n) is 5.24. The highest BCUT2D eigenvalue weighted by molar-refractivity contribution is 5.82. The number of amides is 1. The molecule has 3 unspecified atom stereocenters. The first kappa shape index (κ1) is 9.00. The second kappa shape index (κ2) is 3.29. The summed E-state index contributed by atoms with van der Waals surface area (Å²) in [6.45, 7) is 2.49. The van der Waals surface area contributed by atoms with E-state index < -0.39 is 0 Å². The Morgan fingerprint density at radius 3 is 2.69 bits per heavy atom. The normalized spacial score (nSPS) is 38.2. The molecule has 13 heavy (non-hydrogen) atoms. The van der Waals surface area contributed by atoms with Crippen LogP contribution in [0.2, 0.25) is 0 Å². The van der Waals surface area contributed by atoms with Gasteiger partial charge in [-0.15, -0.1) is 0 Å². The Balaban J connectivity index is 1.80. The van der Waals surface area contributed by atoms with Gasteiger partial charge in [0.25, 0.3) is 0 Å². The Hall–Kier alpha value is -0.570. The lowest BCUT2D eigenvalue weighted by Crippen LogP contribution is -2.39. The van der Waals surface area contributed by atoms with Gasteiger partial charge in [-0.3, -0.25) is 4.79 Å². The molecule has 3 N–H and O–H groups in total. The quantitative estimate of drug-likeness (QED) is 0.667. The van der Waals surface area contributed by atoms with Gasteiger partial charge in [0.1, 0.15) is 0 Å². The lowest BCUT2D eigenvalue weighted by Gasteiger charge is -2.11. The summed E-state index contributed by atoms with van der Waals surface area (Å²) in [6.07, 6.45) is 3.85. The van der Waals surface area contributed by atoms with E-state index in [9.17, 15) is 4.79 Å². The van der Waals surface area contributed by atoms with Crippen LogP contribution in [0.25, 0.3) is 0 Å². The SMILES string of the molecule is CC(CN)NC(=O)C1C2CCCC21. The molecule has 3 heteroatoms. The van der Waals surface area contributed by atoms with Crippen LogP contribution in [0.4, 0.5) is 0 Å². The van der Waals surface area contributed by atoms with Crippen LogP contribution in [0.5, 0.6) is 0 Å². The number of hydrogen-bond donors (Lipinski definition) is 2. The molecule has 0 aromatic heterocycles. The number of nitrogens with one attached hydrogen (secondary N) is 1. The number of fused-ring (bicyclic) bond motifs is 1. The summed E-state index contributed by atoms with van der Waals surface area (Å²) in [7, 11) is 0. The summed E-state index contributed by atoms with van der Waals surface area (Å²) in [6, 6.07) is 0.133. The van der Waals surface area contributed by atoms with Crippen molar-refractivity contribution in [1.29, 1.82) is 0 Å². The second-order valence-electron chi connectivity index (χ2n) is 4.43. The Morgan fingerprint density at radius 1 is 1.54 bits per heavy atom. The maximum absolute atomic E-state index is 11.6. The van der Waals surface area contributed by atoms with Crippen LogP contribution in [0.1, 0.15) is 26.2 Å². The van der Waals surface area contributed by atoms with Gasteiger partial charge in [-0.25, -0.2) is 0 Å². The van der Waals surface area contributed by atoms with Gasteiger partial charge >= 0.3 is 0 Å². The molecule has 2 saturated carbocycles. The Morgan fingerprint density at radius 2 is 2.15 bits per heavy atom. The summed E-state index contributed by atoms with van der Waals surface area (Å²) >= 11 is 0. The number of carbonyl (C=O) groups is 1. The van der Waals surface area contributed by atoms with Crippen molar-refractivity contribution in [2.24, 2.45) is 23.5 Å². The first-order chi connectivity index (χ1) is 6.24. The average Bonchev–Trinajstić information content (AvgIpc) is 2.61. The molecule has 0 bridgehead atoms. The van der Waals surface area contributed by atoms with E-state index in [4.69, 9.17) is 5.73 Å². The molecule has 2 fully saturated rings. The highest BCUT2D eigenvalue weighted by Crippen LogP contribution is 2.57. The predicted molar refractivity (Wildman–Crippen MR) is 51.0 cm³/mol. The van der Waals surface area contributed by atoms with Crippen molar-refractivity contribution in [3.63, 3.8) is 0 Å². The zero-order valence-electron chi connectivity index (χ0n) is 8.12.